The van der Waals surface area contributed by atoms with Gasteiger partial charge in [-0.2, -0.15) is 0 Å². The highest BCUT2D eigenvalue weighted by molar-refractivity contribution is 5.75. The molecule has 0 amide bonds. The molecule has 0 aromatic rings. The van der Waals surface area contributed by atoms with Gasteiger partial charge in [0.2, 0.25) is 0 Å². The lowest BCUT2D eigenvalue weighted by Gasteiger charge is -2.32. The summed E-state index contributed by atoms with van der Waals surface area (Å²) in [4.78, 5) is 12.0. The van der Waals surface area contributed by atoms with Crippen molar-refractivity contribution in [2.45, 2.75) is 58.7 Å². The van der Waals surface area contributed by atoms with E-state index in [1.807, 2.05) is 20.8 Å². The molecule has 6 atom stereocenters. The van der Waals surface area contributed by atoms with Gasteiger partial charge in [-0.1, -0.05) is 0 Å². The Morgan fingerprint density at radius 2 is 1.89 bits per heavy atom. The molecule has 3 nitrogen and oxygen atoms in total. The predicted molar refractivity (Wildman–Crippen MR) is 67.8 cm³/mol. The molecule has 0 aliphatic heterocycles. The lowest BCUT2D eigenvalue weighted by Crippen LogP contribution is -2.36. The molecule has 6 unspecified atom stereocenters. The average molecular weight is 252 g/mol. The molecule has 1 N–H and O–H groups in total. The minimum Gasteiger partial charge on any atom is -0.462 e. The summed E-state index contributed by atoms with van der Waals surface area (Å²) in [7, 11) is 0. The maximum absolute atomic E-state index is 12.0. The van der Waals surface area contributed by atoms with Crippen LogP contribution >= 0.6 is 0 Å². The first-order valence-corrected chi connectivity index (χ1v) is 7.27. The van der Waals surface area contributed by atoms with Crippen LogP contribution in [0, 0.1) is 29.1 Å². The predicted octanol–water partition coefficient (Wildman–Crippen LogP) is 2.37. The molecule has 0 radical (unpaired) electrons. The van der Waals surface area contributed by atoms with Gasteiger partial charge in [0.05, 0.1) is 11.5 Å². The molecule has 0 aromatic carbocycles. The van der Waals surface area contributed by atoms with E-state index in [0.29, 0.717) is 23.7 Å². The molecule has 3 rings (SSSR count). The van der Waals surface area contributed by atoms with E-state index >= 15 is 0 Å². The highest BCUT2D eigenvalue weighted by atomic mass is 16.5. The fourth-order valence-corrected chi connectivity index (χ4v) is 4.48. The van der Waals surface area contributed by atoms with Gasteiger partial charge < -0.3 is 9.84 Å². The van der Waals surface area contributed by atoms with Crippen LogP contribution in [-0.2, 0) is 9.53 Å². The Morgan fingerprint density at radius 1 is 1.17 bits per heavy atom. The number of ether oxygens (including phenoxy) is 1. The first-order chi connectivity index (χ1) is 8.38. The molecule has 3 aliphatic rings. The minimum absolute atomic E-state index is 0.0727. The van der Waals surface area contributed by atoms with E-state index < -0.39 is 5.41 Å². The van der Waals surface area contributed by atoms with Gasteiger partial charge in [0.1, 0.15) is 6.10 Å². The summed E-state index contributed by atoms with van der Waals surface area (Å²) in [6.45, 7) is 5.73. The number of esters is 1. The minimum atomic E-state index is -0.408. The maximum atomic E-state index is 12.0. The van der Waals surface area contributed by atoms with E-state index in [2.05, 4.69) is 0 Å². The zero-order valence-corrected chi connectivity index (χ0v) is 11.6. The molecule has 3 heteroatoms. The monoisotopic (exact) mass is 252 g/mol. The zero-order chi connectivity index (χ0) is 13.1. The first kappa shape index (κ1) is 12.5. The Hall–Kier alpha value is -0.570. The van der Waals surface area contributed by atoms with Crippen molar-refractivity contribution in [1.82, 2.24) is 0 Å². The molecule has 0 heterocycles. The summed E-state index contributed by atoms with van der Waals surface area (Å²) in [5.41, 5.74) is -0.408. The molecule has 18 heavy (non-hydrogen) atoms. The molecule has 2 bridgehead atoms. The second-order valence-electron chi connectivity index (χ2n) is 7.48. The highest BCUT2D eigenvalue weighted by Gasteiger charge is 2.58. The van der Waals surface area contributed by atoms with E-state index in [1.165, 1.54) is 0 Å². The van der Waals surface area contributed by atoms with E-state index in [9.17, 15) is 9.90 Å². The van der Waals surface area contributed by atoms with Gasteiger partial charge in [-0.15, -0.1) is 0 Å². The third kappa shape index (κ3) is 1.78. The third-order valence-electron chi connectivity index (χ3n) is 5.29. The molecular weight excluding hydrogens is 228 g/mol. The number of fused-ring (bicyclic) bond motifs is 5. The van der Waals surface area contributed by atoms with Crippen molar-refractivity contribution in [3.05, 3.63) is 0 Å². The second kappa shape index (κ2) is 3.96. The fraction of sp³-hybridized carbons (Fsp3) is 0.933. The van der Waals surface area contributed by atoms with Gasteiger partial charge in [0.25, 0.3) is 0 Å². The van der Waals surface area contributed by atoms with Gasteiger partial charge in [-0.3, -0.25) is 4.79 Å². The molecule has 3 aliphatic carbocycles. The van der Waals surface area contributed by atoms with Gasteiger partial charge in [-0.25, -0.2) is 0 Å². The fourth-order valence-electron chi connectivity index (χ4n) is 4.48. The quantitative estimate of drug-likeness (QED) is 0.729. The Morgan fingerprint density at radius 3 is 2.56 bits per heavy atom. The molecule has 0 aromatic heterocycles. The van der Waals surface area contributed by atoms with Gasteiger partial charge in [-0.05, 0) is 64.2 Å². The van der Waals surface area contributed by atoms with Crippen molar-refractivity contribution in [3.63, 3.8) is 0 Å². The number of aliphatic hydroxyl groups excluding tert-OH is 1. The molecule has 102 valence electrons. The lowest BCUT2D eigenvalue weighted by atomic mass is 9.79. The topological polar surface area (TPSA) is 46.5 Å². The Labute approximate surface area is 109 Å². The third-order valence-corrected chi connectivity index (χ3v) is 5.29. The highest BCUT2D eigenvalue weighted by Crippen LogP contribution is 2.59. The van der Waals surface area contributed by atoms with Crippen LogP contribution in [0.5, 0.6) is 0 Å². The van der Waals surface area contributed by atoms with Crippen LogP contribution in [-0.4, -0.2) is 23.3 Å². The van der Waals surface area contributed by atoms with E-state index in [1.54, 1.807) is 0 Å². The number of hydrogen-bond acceptors (Lipinski definition) is 3. The SMILES string of the molecule is CC(C)(C)C(=O)OC1CCC2C3CC(CC3O)C12. The summed E-state index contributed by atoms with van der Waals surface area (Å²) in [5, 5.41) is 9.96. The Balaban J connectivity index is 1.69. The van der Waals surface area contributed by atoms with Crippen molar-refractivity contribution in [2.24, 2.45) is 29.1 Å². The van der Waals surface area contributed by atoms with Crippen LogP contribution in [0.4, 0.5) is 0 Å². The van der Waals surface area contributed by atoms with Crippen molar-refractivity contribution < 1.29 is 14.6 Å². The van der Waals surface area contributed by atoms with Gasteiger partial charge >= 0.3 is 5.97 Å². The largest absolute Gasteiger partial charge is 0.462 e. The summed E-state index contributed by atoms with van der Waals surface area (Å²) in [5.74, 6) is 2.14. The Kier molecular flexibility index (Phi) is 2.74. The second-order valence-corrected chi connectivity index (χ2v) is 7.48. The van der Waals surface area contributed by atoms with Crippen molar-refractivity contribution in [2.75, 3.05) is 0 Å². The number of aliphatic hydroxyl groups is 1. The number of carbonyl (C=O) groups excluding carboxylic acids is 1. The summed E-state index contributed by atoms with van der Waals surface area (Å²) in [6, 6.07) is 0. The zero-order valence-electron chi connectivity index (χ0n) is 11.6. The molecule has 0 spiro atoms. The summed E-state index contributed by atoms with van der Waals surface area (Å²) in [6.07, 6.45) is 4.23. The van der Waals surface area contributed by atoms with E-state index in [4.69, 9.17) is 4.74 Å². The molecule has 3 saturated carbocycles. The molecule has 3 fully saturated rings. The van der Waals surface area contributed by atoms with Crippen molar-refractivity contribution >= 4 is 5.97 Å². The number of rotatable bonds is 1. The van der Waals surface area contributed by atoms with Crippen LogP contribution in [0.25, 0.3) is 0 Å². The number of carbonyl (C=O) groups is 1. The van der Waals surface area contributed by atoms with Crippen LogP contribution in [0.1, 0.15) is 46.5 Å². The van der Waals surface area contributed by atoms with Crippen molar-refractivity contribution in [1.29, 1.82) is 0 Å². The van der Waals surface area contributed by atoms with Crippen LogP contribution in [0.3, 0.4) is 0 Å². The van der Waals surface area contributed by atoms with Gasteiger partial charge in [0, 0.05) is 5.92 Å². The summed E-state index contributed by atoms with van der Waals surface area (Å²) < 4.78 is 5.76. The van der Waals surface area contributed by atoms with E-state index in [0.717, 1.165) is 25.7 Å². The smallest absolute Gasteiger partial charge is 0.311 e. The van der Waals surface area contributed by atoms with Crippen LogP contribution in [0.15, 0.2) is 0 Å². The van der Waals surface area contributed by atoms with Crippen LogP contribution in [0.2, 0.25) is 0 Å². The average Bonchev–Trinajstić information content (AvgIpc) is 2.88. The summed E-state index contributed by atoms with van der Waals surface area (Å²) >= 11 is 0. The Bertz CT molecular complexity index is 357. The molecular formula is C15H24O3. The number of hydrogen-bond donors (Lipinski definition) is 1. The van der Waals surface area contributed by atoms with Gasteiger partial charge in [0.15, 0.2) is 0 Å². The van der Waals surface area contributed by atoms with Crippen LogP contribution < -0.4 is 0 Å². The maximum Gasteiger partial charge on any atom is 0.311 e. The lowest BCUT2D eigenvalue weighted by molar-refractivity contribution is -0.161. The first-order valence-electron chi connectivity index (χ1n) is 7.27. The normalized spacial score (nSPS) is 46.2. The van der Waals surface area contributed by atoms with Crippen molar-refractivity contribution in [3.8, 4) is 0 Å². The standard InChI is InChI=1S/C15H24O3/c1-15(2,3)14(17)18-12-5-4-9-10-6-8(13(9)12)7-11(10)16/h8-13,16H,4-7H2,1-3H3. The molecule has 0 saturated heterocycles. The van der Waals surface area contributed by atoms with E-state index in [-0.39, 0.29) is 18.2 Å².